The van der Waals surface area contributed by atoms with Crippen LogP contribution in [0.3, 0.4) is 0 Å². The Morgan fingerprint density at radius 3 is 2.76 bits per heavy atom. The Morgan fingerprint density at radius 1 is 1.14 bits per heavy atom. The molecule has 0 fully saturated rings. The molecule has 0 bridgehead atoms. The molecule has 0 atom stereocenters. The number of primary amides is 1. The molecule has 0 aliphatic carbocycles. The molecule has 1 amide bonds. The van der Waals surface area contributed by atoms with E-state index >= 15 is 0 Å². The summed E-state index contributed by atoms with van der Waals surface area (Å²) in [4.78, 5) is 20.0. The van der Waals surface area contributed by atoms with Gasteiger partial charge < -0.3 is 10.5 Å². The zero-order valence-electron chi connectivity index (χ0n) is 10.8. The quantitative estimate of drug-likeness (QED) is 0.791. The van der Waals surface area contributed by atoms with Gasteiger partial charge in [-0.15, -0.1) is 0 Å². The highest BCUT2D eigenvalue weighted by molar-refractivity contribution is 9.10. The average molecular weight is 344 g/mol. The number of rotatable bonds is 3. The van der Waals surface area contributed by atoms with Crippen molar-refractivity contribution in [2.24, 2.45) is 5.73 Å². The van der Waals surface area contributed by atoms with Crippen LogP contribution in [0.5, 0.6) is 11.5 Å². The topological polar surface area (TPSA) is 78.1 Å². The number of nitrogens with two attached hydrogens (primary N) is 1. The summed E-state index contributed by atoms with van der Waals surface area (Å²) in [7, 11) is 0. The second-order valence-corrected chi connectivity index (χ2v) is 5.21. The van der Waals surface area contributed by atoms with Crippen LogP contribution in [0.4, 0.5) is 0 Å². The first-order valence-electron chi connectivity index (χ1n) is 6.12. The van der Waals surface area contributed by atoms with Gasteiger partial charge in [-0.3, -0.25) is 9.78 Å². The number of benzene rings is 1. The molecule has 0 saturated heterocycles. The third kappa shape index (κ3) is 2.71. The predicted molar refractivity (Wildman–Crippen MR) is 82.3 cm³/mol. The van der Waals surface area contributed by atoms with Crippen molar-refractivity contribution >= 4 is 32.9 Å². The SMILES string of the molecule is NC(=O)c1ccccc1Oc1ccnc2cc(Br)cnc12. The van der Waals surface area contributed by atoms with E-state index in [1.54, 1.807) is 42.7 Å². The van der Waals surface area contributed by atoms with Gasteiger partial charge in [0.05, 0.1) is 11.1 Å². The Bertz CT molecular complexity index is 836. The summed E-state index contributed by atoms with van der Waals surface area (Å²) in [6, 6.07) is 10.3. The lowest BCUT2D eigenvalue weighted by Gasteiger charge is -2.10. The molecule has 0 spiro atoms. The smallest absolute Gasteiger partial charge is 0.252 e. The zero-order valence-corrected chi connectivity index (χ0v) is 12.4. The molecular weight excluding hydrogens is 334 g/mol. The highest BCUT2D eigenvalue weighted by Crippen LogP contribution is 2.30. The van der Waals surface area contributed by atoms with Crippen molar-refractivity contribution in [2.75, 3.05) is 0 Å². The van der Waals surface area contributed by atoms with Crippen molar-refractivity contribution in [1.82, 2.24) is 9.97 Å². The first kappa shape index (κ1) is 13.5. The molecule has 0 aliphatic rings. The van der Waals surface area contributed by atoms with Crippen LogP contribution in [0.1, 0.15) is 10.4 Å². The van der Waals surface area contributed by atoms with Gasteiger partial charge in [0.2, 0.25) is 0 Å². The molecule has 1 aromatic carbocycles. The van der Waals surface area contributed by atoms with Crippen molar-refractivity contribution in [1.29, 1.82) is 0 Å². The number of carbonyl (C=O) groups excluding carboxylic acids is 1. The van der Waals surface area contributed by atoms with Crippen LogP contribution in [0, 0.1) is 0 Å². The van der Waals surface area contributed by atoms with Gasteiger partial charge in [0.1, 0.15) is 11.3 Å². The number of carbonyl (C=O) groups is 1. The number of amides is 1. The van der Waals surface area contributed by atoms with Crippen LogP contribution in [-0.2, 0) is 0 Å². The number of nitrogens with zero attached hydrogens (tertiary/aromatic N) is 2. The molecule has 2 N–H and O–H groups in total. The Labute approximate surface area is 128 Å². The second kappa shape index (κ2) is 5.49. The van der Waals surface area contributed by atoms with E-state index in [0.717, 1.165) is 4.47 Å². The first-order valence-corrected chi connectivity index (χ1v) is 6.91. The van der Waals surface area contributed by atoms with Gasteiger partial charge >= 0.3 is 0 Å². The normalized spacial score (nSPS) is 10.5. The molecule has 0 radical (unpaired) electrons. The zero-order chi connectivity index (χ0) is 14.8. The number of hydrogen-bond donors (Lipinski definition) is 1. The molecular formula is C15H10BrN3O2. The lowest BCUT2D eigenvalue weighted by atomic mass is 10.2. The van der Waals surface area contributed by atoms with Crippen LogP contribution < -0.4 is 10.5 Å². The fourth-order valence-electron chi connectivity index (χ4n) is 1.94. The maximum atomic E-state index is 11.4. The average Bonchev–Trinajstić information content (AvgIpc) is 2.47. The minimum Gasteiger partial charge on any atom is -0.454 e. The molecule has 3 rings (SSSR count). The lowest BCUT2D eigenvalue weighted by molar-refractivity contribution is 0.0998. The number of pyridine rings is 2. The van der Waals surface area contributed by atoms with Crippen LogP contribution in [-0.4, -0.2) is 15.9 Å². The van der Waals surface area contributed by atoms with Crippen molar-refractivity contribution in [3.05, 3.63) is 58.8 Å². The van der Waals surface area contributed by atoms with Crippen molar-refractivity contribution < 1.29 is 9.53 Å². The molecule has 104 valence electrons. The standard InChI is InChI=1S/C15H10BrN3O2/c16-9-7-11-14(19-8-9)13(5-6-18-11)21-12-4-2-1-3-10(12)15(17)20/h1-8H,(H2,17,20). The van der Waals surface area contributed by atoms with E-state index in [2.05, 4.69) is 25.9 Å². The van der Waals surface area contributed by atoms with E-state index < -0.39 is 5.91 Å². The highest BCUT2D eigenvalue weighted by Gasteiger charge is 2.12. The molecule has 3 aromatic rings. The monoisotopic (exact) mass is 343 g/mol. The van der Waals surface area contributed by atoms with Crippen molar-refractivity contribution in [3.8, 4) is 11.5 Å². The molecule has 5 nitrogen and oxygen atoms in total. The molecule has 0 unspecified atom stereocenters. The summed E-state index contributed by atoms with van der Waals surface area (Å²) in [5.41, 5.74) is 6.97. The minimum absolute atomic E-state index is 0.319. The molecule has 6 heteroatoms. The van der Waals surface area contributed by atoms with Crippen molar-refractivity contribution in [3.63, 3.8) is 0 Å². The first-order chi connectivity index (χ1) is 10.1. The molecule has 0 aliphatic heterocycles. The second-order valence-electron chi connectivity index (χ2n) is 4.29. The van der Waals surface area contributed by atoms with E-state index in [9.17, 15) is 4.79 Å². The summed E-state index contributed by atoms with van der Waals surface area (Å²) in [6.07, 6.45) is 3.29. The summed E-state index contributed by atoms with van der Waals surface area (Å²) in [5.74, 6) is 0.364. The van der Waals surface area contributed by atoms with E-state index in [0.29, 0.717) is 28.1 Å². The van der Waals surface area contributed by atoms with Crippen LogP contribution in [0.2, 0.25) is 0 Å². The van der Waals surface area contributed by atoms with Gasteiger partial charge in [-0.1, -0.05) is 12.1 Å². The van der Waals surface area contributed by atoms with Crippen molar-refractivity contribution in [2.45, 2.75) is 0 Å². The van der Waals surface area contributed by atoms with Crippen LogP contribution >= 0.6 is 15.9 Å². The Kier molecular flexibility index (Phi) is 3.53. The largest absolute Gasteiger partial charge is 0.454 e. The third-order valence-electron chi connectivity index (χ3n) is 2.88. The van der Waals surface area contributed by atoms with E-state index in [-0.39, 0.29) is 0 Å². The molecule has 0 saturated carbocycles. The molecule has 2 heterocycles. The van der Waals surface area contributed by atoms with E-state index in [4.69, 9.17) is 10.5 Å². The van der Waals surface area contributed by atoms with Crippen LogP contribution in [0.15, 0.2) is 53.3 Å². The fourth-order valence-corrected chi connectivity index (χ4v) is 2.26. The number of ether oxygens (including phenoxy) is 1. The minimum atomic E-state index is -0.542. The maximum Gasteiger partial charge on any atom is 0.252 e. The lowest BCUT2D eigenvalue weighted by Crippen LogP contribution is -2.12. The Balaban J connectivity index is 2.09. The van der Waals surface area contributed by atoms with Gasteiger partial charge in [0.25, 0.3) is 5.91 Å². The van der Waals surface area contributed by atoms with Gasteiger partial charge in [0, 0.05) is 22.9 Å². The Hall–Kier alpha value is -2.47. The van der Waals surface area contributed by atoms with Gasteiger partial charge in [-0.05, 0) is 34.1 Å². The van der Waals surface area contributed by atoms with E-state index in [1.807, 2.05) is 6.07 Å². The number of aromatic nitrogens is 2. The summed E-state index contributed by atoms with van der Waals surface area (Å²) in [6.45, 7) is 0. The number of para-hydroxylation sites is 1. The van der Waals surface area contributed by atoms with Crippen LogP contribution in [0.25, 0.3) is 11.0 Å². The summed E-state index contributed by atoms with van der Waals surface area (Å²) in [5, 5.41) is 0. The fraction of sp³-hybridized carbons (Fsp3) is 0. The number of halogens is 1. The molecule has 21 heavy (non-hydrogen) atoms. The Morgan fingerprint density at radius 2 is 1.95 bits per heavy atom. The maximum absolute atomic E-state index is 11.4. The molecule has 2 aromatic heterocycles. The van der Waals surface area contributed by atoms with Gasteiger partial charge in [-0.2, -0.15) is 0 Å². The third-order valence-corrected chi connectivity index (χ3v) is 3.31. The summed E-state index contributed by atoms with van der Waals surface area (Å²) >= 11 is 3.35. The van der Waals surface area contributed by atoms with Gasteiger partial charge in [0.15, 0.2) is 5.75 Å². The number of hydrogen-bond acceptors (Lipinski definition) is 4. The predicted octanol–water partition coefficient (Wildman–Crippen LogP) is 3.28. The van der Waals surface area contributed by atoms with Gasteiger partial charge in [-0.25, -0.2) is 4.98 Å². The number of fused-ring (bicyclic) bond motifs is 1. The van der Waals surface area contributed by atoms with E-state index in [1.165, 1.54) is 0 Å². The highest BCUT2D eigenvalue weighted by atomic mass is 79.9. The summed E-state index contributed by atoms with van der Waals surface area (Å²) < 4.78 is 6.64.